The van der Waals surface area contributed by atoms with Gasteiger partial charge in [-0.05, 0) is 42.3 Å². The third-order valence-corrected chi connectivity index (χ3v) is 3.85. The zero-order valence-corrected chi connectivity index (χ0v) is 15.1. The predicted molar refractivity (Wildman–Crippen MR) is 105 cm³/mol. The van der Waals surface area contributed by atoms with Gasteiger partial charge in [0.25, 0.3) is 5.91 Å². The molecule has 2 aromatic rings. The average molecular weight is 348 g/mol. The topological polar surface area (TPSA) is 62.1 Å². The van der Waals surface area contributed by atoms with Crippen molar-refractivity contribution in [3.8, 4) is 11.8 Å². The summed E-state index contributed by atoms with van der Waals surface area (Å²) in [6.45, 7) is 2.89. The van der Waals surface area contributed by atoms with E-state index in [1.54, 1.807) is 18.2 Å². The fourth-order valence-corrected chi connectivity index (χ4v) is 2.41. The van der Waals surface area contributed by atoms with Gasteiger partial charge < -0.3 is 10.1 Å². The molecule has 4 heteroatoms. The lowest BCUT2D eigenvalue weighted by molar-refractivity contribution is -0.112. The monoisotopic (exact) mass is 348 g/mol. The summed E-state index contributed by atoms with van der Waals surface area (Å²) in [6.07, 6.45) is 6.24. The second kappa shape index (κ2) is 10.7. The first-order chi connectivity index (χ1) is 12.7. The zero-order valence-electron chi connectivity index (χ0n) is 15.1. The highest BCUT2D eigenvalue weighted by Crippen LogP contribution is 2.16. The second-order valence-corrected chi connectivity index (χ2v) is 5.97. The van der Waals surface area contributed by atoms with E-state index >= 15 is 0 Å². The van der Waals surface area contributed by atoms with Crippen molar-refractivity contribution in [1.29, 1.82) is 5.26 Å². The molecule has 0 spiro atoms. The van der Waals surface area contributed by atoms with Crippen LogP contribution < -0.4 is 10.1 Å². The summed E-state index contributed by atoms with van der Waals surface area (Å²) in [6, 6.07) is 18.4. The van der Waals surface area contributed by atoms with Crippen LogP contribution in [0.1, 0.15) is 38.2 Å². The maximum atomic E-state index is 12.2. The molecule has 0 aliphatic heterocycles. The number of anilines is 1. The van der Waals surface area contributed by atoms with E-state index in [2.05, 4.69) is 12.2 Å². The molecular formula is C22H24N2O2. The van der Waals surface area contributed by atoms with Crippen molar-refractivity contribution < 1.29 is 9.53 Å². The molecule has 0 unspecified atom stereocenters. The molecular weight excluding hydrogens is 324 g/mol. The Bertz CT molecular complexity index is 759. The third kappa shape index (κ3) is 6.45. The van der Waals surface area contributed by atoms with Crippen LogP contribution in [0.15, 0.2) is 60.2 Å². The van der Waals surface area contributed by atoms with Gasteiger partial charge in [0.05, 0.1) is 6.61 Å². The number of nitrogens with one attached hydrogen (secondary N) is 1. The molecule has 0 aliphatic rings. The molecule has 0 bridgehead atoms. The number of amides is 1. The van der Waals surface area contributed by atoms with E-state index in [1.807, 2.05) is 48.5 Å². The molecule has 0 atom stereocenters. The number of hydrogen-bond acceptors (Lipinski definition) is 3. The minimum atomic E-state index is -0.421. The quantitative estimate of drug-likeness (QED) is 0.385. The number of carbonyl (C=O) groups excluding carboxylic acids is 1. The summed E-state index contributed by atoms with van der Waals surface area (Å²) in [4.78, 5) is 12.2. The van der Waals surface area contributed by atoms with Crippen molar-refractivity contribution in [3.63, 3.8) is 0 Å². The van der Waals surface area contributed by atoms with Crippen LogP contribution in [0.25, 0.3) is 6.08 Å². The Labute approximate surface area is 155 Å². The molecule has 134 valence electrons. The van der Waals surface area contributed by atoms with E-state index < -0.39 is 5.91 Å². The predicted octanol–water partition coefficient (Wildman–Crippen LogP) is 5.19. The van der Waals surface area contributed by atoms with Crippen molar-refractivity contribution in [1.82, 2.24) is 0 Å². The van der Waals surface area contributed by atoms with Gasteiger partial charge in [-0.1, -0.05) is 56.5 Å². The number of hydrogen-bond donors (Lipinski definition) is 1. The Morgan fingerprint density at radius 3 is 2.46 bits per heavy atom. The molecule has 26 heavy (non-hydrogen) atoms. The van der Waals surface area contributed by atoms with E-state index in [0.717, 1.165) is 17.7 Å². The van der Waals surface area contributed by atoms with E-state index in [-0.39, 0.29) is 5.57 Å². The van der Waals surface area contributed by atoms with E-state index in [9.17, 15) is 10.1 Å². The fourth-order valence-electron chi connectivity index (χ4n) is 2.41. The zero-order chi connectivity index (χ0) is 18.6. The Balaban J connectivity index is 1.93. The molecule has 2 rings (SSSR count). The van der Waals surface area contributed by atoms with E-state index in [1.165, 1.54) is 19.3 Å². The second-order valence-electron chi connectivity index (χ2n) is 5.97. The Kier molecular flexibility index (Phi) is 7.95. The number of nitrogens with zero attached hydrogens (tertiary/aromatic N) is 1. The lowest BCUT2D eigenvalue weighted by Gasteiger charge is -2.06. The number of para-hydroxylation sites is 1. The van der Waals surface area contributed by atoms with Gasteiger partial charge in [-0.25, -0.2) is 0 Å². The van der Waals surface area contributed by atoms with Crippen LogP contribution in [0.5, 0.6) is 5.75 Å². The molecule has 1 amide bonds. The Morgan fingerprint density at radius 1 is 1.08 bits per heavy atom. The number of unbranched alkanes of at least 4 members (excludes halogenated alkanes) is 3. The van der Waals surface area contributed by atoms with Crippen LogP contribution in [-0.4, -0.2) is 12.5 Å². The highest BCUT2D eigenvalue weighted by molar-refractivity contribution is 6.09. The molecule has 0 saturated carbocycles. The van der Waals surface area contributed by atoms with Gasteiger partial charge in [-0.15, -0.1) is 0 Å². The summed E-state index contributed by atoms with van der Waals surface area (Å²) in [5.41, 5.74) is 1.50. The minimum absolute atomic E-state index is 0.0575. The summed E-state index contributed by atoms with van der Waals surface area (Å²) in [5.74, 6) is 0.376. The van der Waals surface area contributed by atoms with Crippen LogP contribution in [0, 0.1) is 11.3 Å². The van der Waals surface area contributed by atoms with Crippen LogP contribution in [-0.2, 0) is 4.79 Å². The SMILES string of the molecule is CCCCCCOc1ccc(/C=C(/C#N)C(=O)Nc2ccccc2)cc1. The van der Waals surface area contributed by atoms with Crippen molar-refractivity contribution in [2.45, 2.75) is 32.6 Å². The molecule has 2 aromatic carbocycles. The Morgan fingerprint density at radius 2 is 1.81 bits per heavy atom. The molecule has 4 nitrogen and oxygen atoms in total. The van der Waals surface area contributed by atoms with Gasteiger partial charge in [-0.3, -0.25) is 4.79 Å². The fraction of sp³-hybridized carbons (Fsp3) is 0.273. The molecule has 0 saturated heterocycles. The Hall–Kier alpha value is -3.06. The van der Waals surface area contributed by atoms with Gasteiger partial charge in [0, 0.05) is 5.69 Å². The van der Waals surface area contributed by atoms with Gasteiger partial charge in [0.15, 0.2) is 0 Å². The van der Waals surface area contributed by atoms with Crippen molar-refractivity contribution >= 4 is 17.7 Å². The summed E-state index contributed by atoms with van der Waals surface area (Å²) in [7, 11) is 0. The summed E-state index contributed by atoms with van der Waals surface area (Å²) < 4.78 is 5.70. The molecule has 0 radical (unpaired) electrons. The first kappa shape index (κ1) is 19.3. The largest absolute Gasteiger partial charge is 0.494 e. The number of ether oxygens (including phenoxy) is 1. The minimum Gasteiger partial charge on any atom is -0.494 e. The van der Waals surface area contributed by atoms with Crippen LogP contribution in [0.3, 0.4) is 0 Å². The number of benzene rings is 2. The highest BCUT2D eigenvalue weighted by Gasteiger charge is 2.09. The first-order valence-electron chi connectivity index (χ1n) is 8.94. The van der Waals surface area contributed by atoms with Crippen LogP contribution >= 0.6 is 0 Å². The first-order valence-corrected chi connectivity index (χ1v) is 8.94. The maximum absolute atomic E-state index is 12.2. The molecule has 0 heterocycles. The van der Waals surface area contributed by atoms with Crippen molar-refractivity contribution in [3.05, 3.63) is 65.7 Å². The molecule has 1 N–H and O–H groups in total. The lowest BCUT2D eigenvalue weighted by Crippen LogP contribution is -2.13. The average Bonchev–Trinajstić information content (AvgIpc) is 2.67. The number of rotatable bonds is 9. The third-order valence-electron chi connectivity index (χ3n) is 3.85. The van der Waals surface area contributed by atoms with Crippen molar-refractivity contribution in [2.75, 3.05) is 11.9 Å². The smallest absolute Gasteiger partial charge is 0.266 e. The lowest BCUT2D eigenvalue weighted by atomic mass is 10.1. The van der Waals surface area contributed by atoms with Gasteiger partial charge in [-0.2, -0.15) is 5.26 Å². The number of carbonyl (C=O) groups is 1. The molecule has 0 aliphatic carbocycles. The van der Waals surface area contributed by atoms with E-state index in [4.69, 9.17) is 4.74 Å². The standard InChI is InChI=1S/C22H24N2O2/c1-2-3-4-8-15-26-21-13-11-18(12-14-21)16-19(17-23)22(25)24-20-9-6-5-7-10-20/h5-7,9-14,16H,2-4,8,15H2,1H3,(H,24,25)/b19-16-. The van der Waals surface area contributed by atoms with Gasteiger partial charge in [0.2, 0.25) is 0 Å². The van der Waals surface area contributed by atoms with Crippen LogP contribution in [0.4, 0.5) is 5.69 Å². The van der Waals surface area contributed by atoms with Crippen LogP contribution in [0.2, 0.25) is 0 Å². The summed E-state index contributed by atoms with van der Waals surface area (Å²) >= 11 is 0. The summed E-state index contributed by atoms with van der Waals surface area (Å²) in [5, 5.41) is 12.0. The maximum Gasteiger partial charge on any atom is 0.266 e. The molecule has 0 fully saturated rings. The van der Waals surface area contributed by atoms with Gasteiger partial charge in [0.1, 0.15) is 17.4 Å². The van der Waals surface area contributed by atoms with Gasteiger partial charge >= 0.3 is 0 Å². The normalized spacial score (nSPS) is 10.8. The number of nitriles is 1. The highest BCUT2D eigenvalue weighted by atomic mass is 16.5. The van der Waals surface area contributed by atoms with Crippen molar-refractivity contribution in [2.24, 2.45) is 0 Å². The van der Waals surface area contributed by atoms with E-state index in [0.29, 0.717) is 12.3 Å². The molecule has 0 aromatic heterocycles.